The second kappa shape index (κ2) is 10.2. The summed E-state index contributed by atoms with van der Waals surface area (Å²) in [5, 5.41) is 0. The van der Waals surface area contributed by atoms with Gasteiger partial charge in [-0.15, -0.1) is 0 Å². The molecule has 0 atom stereocenters. The molecule has 5 nitrogen and oxygen atoms in total. The maximum absolute atomic E-state index is 13.8. The third-order valence-electron chi connectivity index (χ3n) is 6.61. The van der Waals surface area contributed by atoms with Gasteiger partial charge in [0, 0.05) is 45.5 Å². The van der Waals surface area contributed by atoms with E-state index in [9.17, 15) is 8.42 Å². The lowest BCUT2D eigenvalue weighted by molar-refractivity contribution is 0.206. The number of hydrogen-bond acceptors (Lipinski definition) is 4. The van der Waals surface area contributed by atoms with E-state index in [0.29, 0.717) is 4.90 Å². The highest BCUT2D eigenvalue weighted by molar-refractivity contribution is 7.92. The summed E-state index contributed by atoms with van der Waals surface area (Å²) in [6.07, 6.45) is 1.60. The van der Waals surface area contributed by atoms with Crippen LogP contribution in [0.1, 0.15) is 29.5 Å². The first kappa shape index (κ1) is 24.3. The van der Waals surface area contributed by atoms with E-state index >= 15 is 0 Å². The normalized spacial score (nSPS) is 15.3. The van der Waals surface area contributed by atoms with Gasteiger partial charge >= 0.3 is 0 Å². The number of hydrogen-bond donors (Lipinski definition) is 0. The lowest BCUT2D eigenvalue weighted by Gasteiger charge is -2.39. The molecular formula is C28H35N3O2S. The first-order chi connectivity index (χ1) is 16.2. The average molecular weight is 478 g/mol. The minimum atomic E-state index is -3.66. The predicted molar refractivity (Wildman–Crippen MR) is 141 cm³/mol. The summed E-state index contributed by atoms with van der Waals surface area (Å²) in [4.78, 5) is 4.87. The molecule has 3 aromatic rings. The van der Waals surface area contributed by atoms with Crippen molar-refractivity contribution in [2.24, 2.45) is 0 Å². The number of aryl methyl sites for hydroxylation is 2. The molecule has 0 amide bonds. The minimum absolute atomic E-state index is 0.0682. The molecule has 0 unspecified atom stereocenters. The average Bonchev–Trinajstić information content (AvgIpc) is 2.82. The fraction of sp³-hybridized carbons (Fsp3) is 0.357. The molecule has 1 aliphatic rings. The van der Waals surface area contributed by atoms with Gasteiger partial charge < -0.3 is 4.90 Å². The smallest absolute Gasteiger partial charge is 0.264 e. The molecule has 3 aromatic carbocycles. The van der Waals surface area contributed by atoms with E-state index in [1.807, 2.05) is 64.3 Å². The van der Waals surface area contributed by atoms with Crippen LogP contribution in [0.5, 0.6) is 0 Å². The molecule has 0 N–H and O–H groups in total. The molecule has 1 aliphatic heterocycles. The molecular weight excluding hydrogens is 442 g/mol. The van der Waals surface area contributed by atoms with Gasteiger partial charge in [0.05, 0.1) is 10.6 Å². The van der Waals surface area contributed by atoms with Gasteiger partial charge in [-0.2, -0.15) is 0 Å². The lowest BCUT2D eigenvalue weighted by Crippen LogP contribution is -2.47. The van der Waals surface area contributed by atoms with Crippen molar-refractivity contribution in [1.29, 1.82) is 0 Å². The zero-order valence-electron chi connectivity index (χ0n) is 20.6. The maximum atomic E-state index is 13.8. The van der Waals surface area contributed by atoms with E-state index in [2.05, 4.69) is 34.1 Å². The van der Waals surface area contributed by atoms with Crippen LogP contribution in [0, 0.1) is 13.8 Å². The van der Waals surface area contributed by atoms with Gasteiger partial charge in [0.2, 0.25) is 0 Å². The molecule has 1 fully saturated rings. The van der Waals surface area contributed by atoms with Gasteiger partial charge in [-0.05, 0) is 68.7 Å². The second-order valence-corrected chi connectivity index (χ2v) is 11.3. The third kappa shape index (κ3) is 5.45. The van der Waals surface area contributed by atoms with Crippen molar-refractivity contribution >= 4 is 21.4 Å². The largest absolute Gasteiger partial charge is 0.378 e. The summed E-state index contributed by atoms with van der Waals surface area (Å²) in [6.45, 7) is 6.61. The number of sulfonamides is 1. The van der Waals surface area contributed by atoms with Crippen LogP contribution >= 0.6 is 0 Å². The van der Waals surface area contributed by atoms with Crippen molar-refractivity contribution in [3.05, 3.63) is 89.5 Å². The van der Waals surface area contributed by atoms with E-state index in [1.165, 1.54) is 11.3 Å². The Balaban J connectivity index is 1.52. The zero-order chi connectivity index (χ0) is 24.3. The molecule has 0 spiro atoms. The van der Waals surface area contributed by atoms with Crippen LogP contribution in [-0.4, -0.2) is 46.5 Å². The van der Waals surface area contributed by atoms with Gasteiger partial charge in [-0.3, -0.25) is 9.21 Å². The van der Waals surface area contributed by atoms with Crippen molar-refractivity contribution in [1.82, 2.24) is 4.90 Å². The molecule has 0 radical (unpaired) electrons. The van der Waals surface area contributed by atoms with Crippen molar-refractivity contribution in [2.45, 2.75) is 44.2 Å². The fourth-order valence-electron chi connectivity index (χ4n) is 4.53. The highest BCUT2D eigenvalue weighted by Gasteiger charge is 2.34. The monoisotopic (exact) mass is 477 g/mol. The molecule has 1 saturated heterocycles. The Bertz CT molecular complexity index is 1180. The van der Waals surface area contributed by atoms with E-state index in [4.69, 9.17) is 0 Å². The summed E-state index contributed by atoms with van der Waals surface area (Å²) < 4.78 is 29.3. The predicted octanol–water partition coefficient (Wildman–Crippen LogP) is 5.23. The number of anilines is 2. The summed E-state index contributed by atoms with van der Waals surface area (Å²) in [5.41, 5.74) is 5.38. The Morgan fingerprint density at radius 3 is 1.79 bits per heavy atom. The molecule has 0 bridgehead atoms. The molecule has 34 heavy (non-hydrogen) atoms. The second-order valence-electron chi connectivity index (χ2n) is 9.52. The van der Waals surface area contributed by atoms with Crippen LogP contribution < -0.4 is 9.21 Å². The summed E-state index contributed by atoms with van der Waals surface area (Å²) in [7, 11) is 0.429. The highest BCUT2D eigenvalue weighted by atomic mass is 32.2. The Hall–Kier alpha value is -2.83. The Morgan fingerprint density at radius 2 is 1.26 bits per heavy atom. The molecule has 0 saturated carbocycles. The molecule has 1 heterocycles. The van der Waals surface area contributed by atoms with Crippen LogP contribution in [0.15, 0.2) is 77.7 Å². The number of benzene rings is 3. The van der Waals surface area contributed by atoms with Crippen LogP contribution in [0.2, 0.25) is 0 Å². The quantitative estimate of drug-likeness (QED) is 0.467. The Morgan fingerprint density at radius 1 is 0.765 bits per heavy atom. The Labute approximate surface area is 204 Å². The molecule has 0 aliphatic carbocycles. The first-order valence-corrected chi connectivity index (χ1v) is 13.3. The zero-order valence-corrected chi connectivity index (χ0v) is 21.4. The van der Waals surface area contributed by atoms with Gasteiger partial charge in [0.25, 0.3) is 10.0 Å². The van der Waals surface area contributed by atoms with Crippen molar-refractivity contribution in [3.63, 3.8) is 0 Å². The molecule has 0 aromatic heterocycles. The van der Waals surface area contributed by atoms with Crippen LogP contribution in [0.25, 0.3) is 0 Å². The number of nitrogens with zero attached hydrogens (tertiary/aromatic N) is 3. The lowest BCUT2D eigenvalue weighted by atomic mass is 10.0. The molecule has 6 heteroatoms. The van der Waals surface area contributed by atoms with E-state index in [1.54, 1.807) is 16.4 Å². The highest BCUT2D eigenvalue weighted by Crippen LogP contribution is 2.31. The van der Waals surface area contributed by atoms with E-state index in [0.717, 1.165) is 49.3 Å². The van der Waals surface area contributed by atoms with Crippen molar-refractivity contribution in [3.8, 4) is 0 Å². The number of rotatable bonds is 7. The van der Waals surface area contributed by atoms with Gasteiger partial charge in [0.1, 0.15) is 0 Å². The fourth-order valence-corrected chi connectivity index (χ4v) is 6.24. The third-order valence-corrected chi connectivity index (χ3v) is 8.51. The summed E-state index contributed by atoms with van der Waals surface area (Å²) >= 11 is 0. The van der Waals surface area contributed by atoms with Crippen LogP contribution in [0.4, 0.5) is 11.4 Å². The standard InChI is InChI=1S/C28H35N3O2S/c1-22-5-11-26(12-6-22)31(34(32,33)28-15-7-23(2)8-16-28)27-17-19-30(20-18-27)21-24-9-13-25(14-10-24)29(3)4/h5-16,27H,17-21H2,1-4H3. The van der Waals surface area contributed by atoms with Gasteiger partial charge in [-0.1, -0.05) is 47.5 Å². The van der Waals surface area contributed by atoms with E-state index in [-0.39, 0.29) is 6.04 Å². The molecule has 4 rings (SSSR count). The van der Waals surface area contributed by atoms with Gasteiger partial charge in [0.15, 0.2) is 0 Å². The maximum Gasteiger partial charge on any atom is 0.264 e. The SMILES string of the molecule is Cc1ccc(N(C2CCN(Cc3ccc(N(C)C)cc3)CC2)S(=O)(=O)c2ccc(C)cc2)cc1. The van der Waals surface area contributed by atoms with Crippen LogP contribution in [-0.2, 0) is 16.6 Å². The topological polar surface area (TPSA) is 43.9 Å². The van der Waals surface area contributed by atoms with Crippen LogP contribution in [0.3, 0.4) is 0 Å². The minimum Gasteiger partial charge on any atom is -0.378 e. The first-order valence-electron chi connectivity index (χ1n) is 11.9. The van der Waals surface area contributed by atoms with E-state index < -0.39 is 10.0 Å². The van der Waals surface area contributed by atoms with Crippen molar-refractivity contribution < 1.29 is 8.42 Å². The summed E-state index contributed by atoms with van der Waals surface area (Å²) in [5.74, 6) is 0. The van der Waals surface area contributed by atoms with Gasteiger partial charge in [-0.25, -0.2) is 8.42 Å². The number of likely N-dealkylation sites (tertiary alicyclic amines) is 1. The van der Waals surface area contributed by atoms with Crippen molar-refractivity contribution in [2.75, 3.05) is 36.4 Å². The Kier molecular flexibility index (Phi) is 7.29. The summed E-state index contributed by atoms with van der Waals surface area (Å²) in [6, 6.07) is 23.6. The number of piperidine rings is 1. The molecule has 180 valence electrons.